The molecule has 0 atom stereocenters. The number of carbonyl (C=O) groups is 3. The van der Waals surface area contributed by atoms with Gasteiger partial charge in [0, 0.05) is 20.1 Å². The normalized spacial score (nSPS) is 10.5. The predicted molar refractivity (Wildman–Crippen MR) is 89.7 cm³/mol. The van der Waals surface area contributed by atoms with Gasteiger partial charge in [-0.25, -0.2) is 4.79 Å². The molecule has 25 heavy (non-hydrogen) atoms. The van der Waals surface area contributed by atoms with E-state index in [9.17, 15) is 14.4 Å². The van der Waals surface area contributed by atoms with Crippen LogP contribution in [0.25, 0.3) is 0 Å². The van der Waals surface area contributed by atoms with E-state index in [1.807, 2.05) is 0 Å². The highest BCUT2D eigenvalue weighted by Crippen LogP contribution is 2.28. The van der Waals surface area contributed by atoms with Crippen LogP contribution in [0, 0.1) is 0 Å². The number of carbonyl (C=O) groups excluding carboxylic acids is 2. The number of esters is 2. The number of aromatic carboxylic acids is 1. The van der Waals surface area contributed by atoms with Crippen molar-refractivity contribution in [2.45, 2.75) is 13.8 Å². The van der Waals surface area contributed by atoms with Crippen LogP contribution >= 0.6 is 0 Å². The number of carboxylic acid groups (broad SMARTS) is 1. The third-order valence-corrected chi connectivity index (χ3v) is 2.95. The van der Waals surface area contributed by atoms with E-state index in [4.69, 9.17) is 14.6 Å². The first-order valence-corrected chi connectivity index (χ1v) is 7.23. The summed E-state index contributed by atoms with van der Waals surface area (Å²) in [5, 5.41) is 8.86. The van der Waals surface area contributed by atoms with E-state index in [1.165, 1.54) is 44.3 Å². The highest BCUT2D eigenvalue weighted by atomic mass is 16.6. The van der Waals surface area contributed by atoms with Gasteiger partial charge in [0.05, 0.1) is 11.3 Å². The minimum absolute atomic E-state index is 0.105. The lowest BCUT2D eigenvalue weighted by atomic mass is 10.2. The van der Waals surface area contributed by atoms with Crippen LogP contribution in [-0.4, -0.2) is 29.2 Å². The average molecular weight is 341 g/mol. The molecule has 2 aromatic carbocycles. The molecule has 0 saturated carbocycles. The summed E-state index contributed by atoms with van der Waals surface area (Å²) >= 11 is 0. The number of benzene rings is 2. The summed E-state index contributed by atoms with van der Waals surface area (Å²) in [6.07, 6.45) is 1.51. The first-order chi connectivity index (χ1) is 11.8. The molecule has 0 heterocycles. The van der Waals surface area contributed by atoms with Crippen molar-refractivity contribution in [3.63, 3.8) is 0 Å². The molecule has 128 valence electrons. The molecule has 0 spiro atoms. The van der Waals surface area contributed by atoms with Crippen molar-refractivity contribution < 1.29 is 29.0 Å². The van der Waals surface area contributed by atoms with E-state index in [0.29, 0.717) is 11.3 Å². The Morgan fingerprint density at radius 1 is 0.920 bits per heavy atom. The standard InChI is InChI=1S/C18H15NO6/c1-11(20)24-16-8-3-13(9-17(16)25-12(2)21)10-19-15-6-4-14(5-7-15)18(22)23/h3-10H,1-2H3,(H,22,23)/b19-10+. The summed E-state index contributed by atoms with van der Waals surface area (Å²) in [4.78, 5) is 37.3. The monoisotopic (exact) mass is 341 g/mol. The molecule has 0 fully saturated rings. The summed E-state index contributed by atoms with van der Waals surface area (Å²) in [5.41, 5.74) is 1.33. The number of ether oxygens (including phenoxy) is 2. The van der Waals surface area contributed by atoms with Crippen molar-refractivity contribution in [3.05, 3.63) is 53.6 Å². The van der Waals surface area contributed by atoms with Crippen molar-refractivity contribution in [2.24, 2.45) is 4.99 Å². The Bertz CT molecular complexity index is 839. The molecule has 0 amide bonds. The number of aliphatic imine (C=N–C) groups is 1. The van der Waals surface area contributed by atoms with Gasteiger partial charge in [-0.15, -0.1) is 0 Å². The van der Waals surface area contributed by atoms with Crippen molar-refractivity contribution in [1.82, 2.24) is 0 Å². The second-order valence-electron chi connectivity index (χ2n) is 5.00. The zero-order valence-electron chi connectivity index (χ0n) is 13.6. The van der Waals surface area contributed by atoms with E-state index in [2.05, 4.69) is 4.99 Å². The second-order valence-corrected chi connectivity index (χ2v) is 5.00. The number of hydrogen-bond donors (Lipinski definition) is 1. The first-order valence-electron chi connectivity index (χ1n) is 7.23. The quantitative estimate of drug-likeness (QED) is 0.509. The molecule has 0 bridgehead atoms. The minimum Gasteiger partial charge on any atom is -0.478 e. The molecule has 0 aliphatic rings. The number of rotatable bonds is 5. The molecule has 1 N–H and O–H groups in total. The zero-order valence-corrected chi connectivity index (χ0v) is 13.6. The lowest BCUT2D eigenvalue weighted by molar-refractivity contribution is -0.134. The van der Waals surface area contributed by atoms with E-state index in [1.54, 1.807) is 18.2 Å². The number of carboxylic acids is 1. The van der Waals surface area contributed by atoms with E-state index < -0.39 is 17.9 Å². The summed E-state index contributed by atoms with van der Waals surface area (Å²) in [5.74, 6) is -1.86. The van der Waals surface area contributed by atoms with Crippen molar-refractivity contribution in [3.8, 4) is 11.5 Å². The van der Waals surface area contributed by atoms with E-state index >= 15 is 0 Å². The molecular weight excluding hydrogens is 326 g/mol. The van der Waals surface area contributed by atoms with Crippen LogP contribution in [0.3, 0.4) is 0 Å². The van der Waals surface area contributed by atoms with Crippen LogP contribution in [-0.2, 0) is 9.59 Å². The molecule has 0 unspecified atom stereocenters. The summed E-state index contributed by atoms with van der Waals surface area (Å²) < 4.78 is 10.0. The fourth-order valence-corrected chi connectivity index (χ4v) is 1.92. The first kappa shape index (κ1) is 17.9. The highest BCUT2D eigenvalue weighted by Gasteiger charge is 2.10. The predicted octanol–water partition coefficient (Wildman–Crippen LogP) is 2.99. The highest BCUT2D eigenvalue weighted by molar-refractivity contribution is 5.88. The van der Waals surface area contributed by atoms with Gasteiger partial charge in [-0.1, -0.05) is 0 Å². The number of nitrogens with zero attached hydrogens (tertiary/aromatic N) is 1. The molecule has 7 heteroatoms. The molecule has 0 aliphatic carbocycles. The Morgan fingerprint density at radius 3 is 2.08 bits per heavy atom. The van der Waals surface area contributed by atoms with Crippen molar-refractivity contribution in [1.29, 1.82) is 0 Å². The fraction of sp³-hybridized carbons (Fsp3) is 0.111. The minimum atomic E-state index is -1.01. The summed E-state index contributed by atoms with van der Waals surface area (Å²) in [6, 6.07) is 10.7. The summed E-state index contributed by atoms with van der Waals surface area (Å²) in [6.45, 7) is 2.48. The topological polar surface area (TPSA) is 102 Å². The van der Waals surface area contributed by atoms with Gasteiger partial charge in [0.2, 0.25) is 0 Å². The Hall–Kier alpha value is -3.48. The van der Waals surface area contributed by atoms with Gasteiger partial charge < -0.3 is 14.6 Å². The zero-order chi connectivity index (χ0) is 18.4. The largest absolute Gasteiger partial charge is 0.478 e. The maximum absolute atomic E-state index is 11.2. The Labute approximate surface area is 143 Å². The van der Waals surface area contributed by atoms with Gasteiger partial charge in [0.25, 0.3) is 0 Å². The third-order valence-electron chi connectivity index (χ3n) is 2.95. The van der Waals surface area contributed by atoms with Gasteiger partial charge in [-0.3, -0.25) is 14.6 Å². The van der Waals surface area contributed by atoms with Crippen molar-refractivity contribution in [2.75, 3.05) is 0 Å². The maximum atomic E-state index is 11.2. The average Bonchev–Trinajstić information content (AvgIpc) is 2.54. The SMILES string of the molecule is CC(=O)Oc1ccc(/C=N/c2ccc(C(=O)O)cc2)cc1OC(C)=O. The Kier molecular flexibility index (Phi) is 5.62. The van der Waals surface area contributed by atoms with E-state index in [0.717, 1.165) is 0 Å². The molecular formula is C18H15NO6. The van der Waals surface area contributed by atoms with Gasteiger partial charge in [0.15, 0.2) is 11.5 Å². The van der Waals surface area contributed by atoms with E-state index in [-0.39, 0.29) is 17.1 Å². The smallest absolute Gasteiger partial charge is 0.335 e. The van der Waals surface area contributed by atoms with Gasteiger partial charge in [-0.05, 0) is 48.0 Å². The van der Waals surface area contributed by atoms with Crippen LogP contribution in [0.2, 0.25) is 0 Å². The third kappa shape index (κ3) is 5.28. The second kappa shape index (κ2) is 7.87. The molecule has 0 saturated heterocycles. The number of hydrogen-bond acceptors (Lipinski definition) is 6. The van der Waals surface area contributed by atoms with Crippen LogP contribution in [0.1, 0.15) is 29.8 Å². The maximum Gasteiger partial charge on any atom is 0.335 e. The molecule has 7 nitrogen and oxygen atoms in total. The Morgan fingerprint density at radius 2 is 1.52 bits per heavy atom. The van der Waals surface area contributed by atoms with Gasteiger partial charge >= 0.3 is 17.9 Å². The Balaban J connectivity index is 2.24. The molecule has 2 rings (SSSR count). The van der Waals surface area contributed by atoms with Crippen molar-refractivity contribution >= 4 is 29.8 Å². The molecule has 0 aliphatic heterocycles. The summed E-state index contributed by atoms with van der Waals surface area (Å²) in [7, 11) is 0. The fourth-order valence-electron chi connectivity index (χ4n) is 1.92. The lowest BCUT2D eigenvalue weighted by Crippen LogP contribution is -2.07. The van der Waals surface area contributed by atoms with Gasteiger partial charge in [0.1, 0.15) is 0 Å². The van der Waals surface area contributed by atoms with Crippen LogP contribution < -0.4 is 9.47 Å². The lowest BCUT2D eigenvalue weighted by Gasteiger charge is -2.09. The molecule has 0 aromatic heterocycles. The van der Waals surface area contributed by atoms with Crippen LogP contribution in [0.15, 0.2) is 47.5 Å². The van der Waals surface area contributed by atoms with Crippen LogP contribution in [0.5, 0.6) is 11.5 Å². The van der Waals surface area contributed by atoms with Gasteiger partial charge in [-0.2, -0.15) is 0 Å². The molecule has 0 radical (unpaired) electrons. The molecule has 2 aromatic rings. The van der Waals surface area contributed by atoms with Crippen LogP contribution in [0.4, 0.5) is 5.69 Å².